The third kappa shape index (κ3) is 3.87. The zero-order valence-electron chi connectivity index (χ0n) is 27.0. The smallest absolute Gasteiger partial charge is 0.235 e. The summed E-state index contributed by atoms with van der Waals surface area (Å²) in [4.78, 5) is 13.1. The second-order valence-electron chi connectivity index (χ2n) is 13.0. The highest BCUT2D eigenvalue weighted by molar-refractivity contribution is 6.16. The maximum absolute atomic E-state index is 5.49. The van der Waals surface area contributed by atoms with E-state index in [1.807, 2.05) is 0 Å². The molecule has 0 saturated heterocycles. The number of para-hydroxylation sites is 3. The Bertz CT molecular complexity index is 2990. The molecule has 0 radical (unpaired) electrons. The number of nitrogens with zero attached hydrogens (tertiary/aromatic N) is 4. The van der Waals surface area contributed by atoms with Crippen LogP contribution in [0.3, 0.4) is 0 Å². The topological polar surface area (TPSA) is 34.0 Å². The van der Waals surface area contributed by atoms with Gasteiger partial charge in [0.25, 0.3) is 0 Å². The van der Waals surface area contributed by atoms with Gasteiger partial charge in [0.05, 0.1) is 33.6 Å². The lowest BCUT2D eigenvalue weighted by Gasteiger charge is -2.32. The van der Waals surface area contributed by atoms with Gasteiger partial charge in [0.15, 0.2) is 0 Å². The highest BCUT2D eigenvalue weighted by Gasteiger charge is 2.29. The van der Waals surface area contributed by atoms with Crippen molar-refractivity contribution < 1.29 is 0 Å². The summed E-state index contributed by atoms with van der Waals surface area (Å²) in [7, 11) is 0. The maximum Gasteiger partial charge on any atom is 0.235 e. The van der Waals surface area contributed by atoms with Crippen LogP contribution in [0.15, 0.2) is 170 Å². The molecule has 232 valence electrons. The molecule has 3 heterocycles. The number of hydrogen-bond donors (Lipinski definition) is 0. The fraction of sp³-hybridized carbons (Fsp3) is 0. The lowest BCUT2D eigenvalue weighted by atomic mass is 9.89. The van der Waals surface area contributed by atoms with Crippen molar-refractivity contribution in [1.29, 1.82) is 0 Å². The summed E-state index contributed by atoms with van der Waals surface area (Å²) in [5.74, 6) is 0.657. The van der Waals surface area contributed by atoms with Crippen LogP contribution in [0.25, 0.3) is 82.3 Å². The largest absolute Gasteiger partial charge is 0.309 e. The van der Waals surface area contributed by atoms with Gasteiger partial charge in [-0.05, 0) is 76.3 Å². The average Bonchev–Trinajstić information content (AvgIpc) is 3.51. The SMILES string of the molecule is c1ccc(-n2c3ccccc3c3cc(-c4nc(N5c6cc7ccccc7cc6-c6cccc7cccc5c67)nc5ccccc45)ccc32)cc1. The predicted molar refractivity (Wildman–Crippen MR) is 208 cm³/mol. The molecule has 50 heavy (non-hydrogen) atoms. The van der Waals surface area contributed by atoms with E-state index >= 15 is 0 Å². The molecule has 0 fully saturated rings. The Labute approximate surface area is 288 Å². The van der Waals surface area contributed by atoms with E-state index in [2.05, 4.69) is 179 Å². The van der Waals surface area contributed by atoms with Crippen molar-refractivity contribution in [3.63, 3.8) is 0 Å². The molecule has 1 aliphatic heterocycles. The molecule has 0 saturated carbocycles. The molecular formula is C46H28N4. The third-order valence-electron chi connectivity index (χ3n) is 10.3. The molecule has 0 unspecified atom stereocenters. The zero-order valence-corrected chi connectivity index (χ0v) is 27.0. The van der Waals surface area contributed by atoms with Gasteiger partial charge in [0.2, 0.25) is 5.95 Å². The van der Waals surface area contributed by atoms with E-state index in [1.54, 1.807) is 0 Å². The van der Waals surface area contributed by atoms with Crippen LogP contribution in [-0.2, 0) is 0 Å². The minimum atomic E-state index is 0.657. The van der Waals surface area contributed by atoms with Crippen molar-refractivity contribution in [2.24, 2.45) is 0 Å². The summed E-state index contributed by atoms with van der Waals surface area (Å²) in [6, 6.07) is 60.7. The van der Waals surface area contributed by atoms with Crippen LogP contribution >= 0.6 is 0 Å². The Morgan fingerprint density at radius 3 is 2.00 bits per heavy atom. The van der Waals surface area contributed by atoms with E-state index in [-0.39, 0.29) is 0 Å². The number of rotatable bonds is 3. The maximum atomic E-state index is 5.49. The van der Waals surface area contributed by atoms with Gasteiger partial charge in [-0.25, -0.2) is 9.97 Å². The van der Waals surface area contributed by atoms with E-state index in [0.717, 1.165) is 39.2 Å². The summed E-state index contributed by atoms with van der Waals surface area (Å²) in [5.41, 5.74) is 11.0. The highest BCUT2D eigenvalue weighted by atomic mass is 15.3. The van der Waals surface area contributed by atoms with Crippen molar-refractivity contribution in [2.75, 3.05) is 4.90 Å². The number of benzene rings is 8. The van der Waals surface area contributed by atoms with Crippen LogP contribution in [0.5, 0.6) is 0 Å². The molecule has 0 N–H and O–H groups in total. The first-order chi connectivity index (χ1) is 24.8. The van der Waals surface area contributed by atoms with E-state index in [1.165, 1.54) is 54.5 Å². The first-order valence-corrected chi connectivity index (χ1v) is 17.0. The quantitative estimate of drug-likeness (QED) is 0.193. The van der Waals surface area contributed by atoms with Crippen molar-refractivity contribution in [3.05, 3.63) is 170 Å². The standard InChI is InChI=1S/C46H28N4/c1-2-16-33(17-3-1)49-40-22-9-7-18-34(40)37-27-32(24-25-41(37)49)45-36-19-6-8-21-39(36)47-46(48-45)50-42-23-11-15-29-14-10-20-35(44(29)42)38-26-30-12-4-5-13-31(30)28-43(38)50/h1-28H. The summed E-state index contributed by atoms with van der Waals surface area (Å²) in [6.07, 6.45) is 0. The number of hydrogen-bond acceptors (Lipinski definition) is 3. The third-order valence-corrected chi connectivity index (χ3v) is 10.3. The molecule has 0 bridgehead atoms. The fourth-order valence-corrected chi connectivity index (χ4v) is 8.07. The summed E-state index contributed by atoms with van der Waals surface area (Å²) in [6.45, 7) is 0. The molecule has 4 nitrogen and oxygen atoms in total. The minimum Gasteiger partial charge on any atom is -0.309 e. The normalized spacial score (nSPS) is 12.4. The lowest BCUT2D eigenvalue weighted by Crippen LogP contribution is -2.18. The van der Waals surface area contributed by atoms with Crippen molar-refractivity contribution >= 4 is 71.6 Å². The zero-order chi connectivity index (χ0) is 32.8. The molecule has 0 aliphatic carbocycles. The number of anilines is 3. The van der Waals surface area contributed by atoms with Crippen molar-refractivity contribution in [2.45, 2.75) is 0 Å². The van der Waals surface area contributed by atoms with Gasteiger partial charge >= 0.3 is 0 Å². The average molecular weight is 637 g/mol. The van der Waals surface area contributed by atoms with E-state index < -0.39 is 0 Å². The first kappa shape index (κ1) is 27.2. The molecular weight excluding hydrogens is 609 g/mol. The molecule has 0 spiro atoms. The van der Waals surface area contributed by atoms with Crippen LogP contribution in [0, 0.1) is 0 Å². The first-order valence-electron chi connectivity index (χ1n) is 17.0. The second-order valence-corrected chi connectivity index (χ2v) is 13.0. The monoisotopic (exact) mass is 636 g/mol. The van der Waals surface area contributed by atoms with Crippen LogP contribution < -0.4 is 4.90 Å². The molecule has 0 amide bonds. The van der Waals surface area contributed by atoms with Gasteiger partial charge < -0.3 is 4.57 Å². The Kier molecular flexibility index (Phi) is 5.63. The summed E-state index contributed by atoms with van der Waals surface area (Å²) in [5, 5.41) is 8.24. The van der Waals surface area contributed by atoms with Crippen molar-refractivity contribution in [3.8, 4) is 28.1 Å². The van der Waals surface area contributed by atoms with Crippen LogP contribution in [0.1, 0.15) is 0 Å². The van der Waals surface area contributed by atoms with Gasteiger partial charge in [0.1, 0.15) is 0 Å². The van der Waals surface area contributed by atoms with E-state index in [9.17, 15) is 0 Å². The summed E-state index contributed by atoms with van der Waals surface area (Å²) >= 11 is 0. The van der Waals surface area contributed by atoms with Gasteiger partial charge in [0, 0.05) is 38.4 Å². The lowest BCUT2D eigenvalue weighted by molar-refractivity contribution is 1.11. The molecule has 11 rings (SSSR count). The highest BCUT2D eigenvalue weighted by Crippen LogP contribution is 2.51. The fourth-order valence-electron chi connectivity index (χ4n) is 8.07. The van der Waals surface area contributed by atoms with E-state index in [0.29, 0.717) is 5.95 Å². The molecule has 1 aliphatic rings. The number of aromatic nitrogens is 3. The van der Waals surface area contributed by atoms with E-state index in [4.69, 9.17) is 9.97 Å². The predicted octanol–water partition coefficient (Wildman–Crippen LogP) is 12.2. The Morgan fingerprint density at radius 2 is 1.12 bits per heavy atom. The Balaban J connectivity index is 1.19. The summed E-state index contributed by atoms with van der Waals surface area (Å²) < 4.78 is 2.35. The molecule has 0 atom stereocenters. The van der Waals surface area contributed by atoms with Crippen LogP contribution in [0.4, 0.5) is 17.3 Å². The molecule has 2 aromatic heterocycles. The second kappa shape index (κ2) is 10.4. The van der Waals surface area contributed by atoms with Crippen LogP contribution in [-0.4, -0.2) is 14.5 Å². The number of fused-ring (bicyclic) bond motifs is 7. The van der Waals surface area contributed by atoms with Gasteiger partial charge in [-0.1, -0.05) is 115 Å². The molecule has 10 aromatic rings. The van der Waals surface area contributed by atoms with Gasteiger partial charge in [-0.15, -0.1) is 0 Å². The van der Waals surface area contributed by atoms with Gasteiger partial charge in [-0.2, -0.15) is 0 Å². The Morgan fingerprint density at radius 1 is 0.420 bits per heavy atom. The Hall–Kier alpha value is -6.78. The van der Waals surface area contributed by atoms with Crippen LogP contribution in [0.2, 0.25) is 0 Å². The molecule has 4 heteroatoms. The minimum absolute atomic E-state index is 0.657. The molecule has 8 aromatic carbocycles. The van der Waals surface area contributed by atoms with Crippen molar-refractivity contribution in [1.82, 2.24) is 14.5 Å². The van der Waals surface area contributed by atoms with Gasteiger partial charge in [-0.3, -0.25) is 4.90 Å².